The molecule has 0 fully saturated rings. The van der Waals surface area contributed by atoms with E-state index in [-0.39, 0.29) is 11.7 Å². The zero-order valence-electron chi connectivity index (χ0n) is 11.8. The molecule has 0 saturated carbocycles. The number of hydrogen-bond donors (Lipinski definition) is 1. The molecule has 0 radical (unpaired) electrons. The number of ether oxygens (including phenoxy) is 1. The fraction of sp³-hybridized carbons (Fsp3) is 0.125. The average molecular weight is 304 g/mol. The van der Waals surface area contributed by atoms with Gasteiger partial charge in [-0.05, 0) is 48.9 Å². The number of nitrogens with one attached hydrogen (secondary N) is 1. The van der Waals surface area contributed by atoms with Crippen LogP contribution in [0.15, 0.2) is 53.6 Å². The number of halogens is 2. The Balaban J connectivity index is 1.91. The molecule has 1 amide bonds. The van der Waals surface area contributed by atoms with Crippen molar-refractivity contribution in [1.82, 2.24) is 5.43 Å². The van der Waals surface area contributed by atoms with E-state index in [4.69, 9.17) is 0 Å². The standard InChI is InChI=1S/C16H14F2N2O2/c1-11-2-6-13(7-3-11)15(21)20-19-10-12-4-8-14(9-5-12)22-16(17)18/h2-10,16H,1H3,(H,20,21)/b19-10-. The monoisotopic (exact) mass is 304 g/mol. The van der Waals surface area contributed by atoms with E-state index in [1.54, 1.807) is 24.3 Å². The molecular weight excluding hydrogens is 290 g/mol. The van der Waals surface area contributed by atoms with Gasteiger partial charge in [-0.1, -0.05) is 17.7 Å². The lowest BCUT2D eigenvalue weighted by Gasteiger charge is -2.03. The third-order valence-corrected chi connectivity index (χ3v) is 2.80. The lowest BCUT2D eigenvalue weighted by Crippen LogP contribution is -2.17. The summed E-state index contributed by atoms with van der Waals surface area (Å²) in [6, 6.07) is 13.0. The molecule has 1 N–H and O–H groups in total. The summed E-state index contributed by atoms with van der Waals surface area (Å²) in [7, 11) is 0. The van der Waals surface area contributed by atoms with Crippen molar-refractivity contribution in [3.63, 3.8) is 0 Å². The van der Waals surface area contributed by atoms with E-state index in [0.717, 1.165) is 5.56 Å². The van der Waals surface area contributed by atoms with Crippen molar-refractivity contribution in [2.45, 2.75) is 13.5 Å². The van der Waals surface area contributed by atoms with Crippen molar-refractivity contribution >= 4 is 12.1 Å². The van der Waals surface area contributed by atoms with Gasteiger partial charge in [0, 0.05) is 5.56 Å². The minimum Gasteiger partial charge on any atom is -0.435 e. The van der Waals surface area contributed by atoms with Crippen molar-refractivity contribution in [2.75, 3.05) is 0 Å². The van der Waals surface area contributed by atoms with Crippen LogP contribution in [0.1, 0.15) is 21.5 Å². The highest BCUT2D eigenvalue weighted by molar-refractivity contribution is 5.94. The van der Waals surface area contributed by atoms with Crippen LogP contribution in [-0.4, -0.2) is 18.7 Å². The van der Waals surface area contributed by atoms with Crippen LogP contribution >= 0.6 is 0 Å². The minimum atomic E-state index is -2.85. The first-order valence-electron chi connectivity index (χ1n) is 6.49. The van der Waals surface area contributed by atoms with Crippen LogP contribution in [0.3, 0.4) is 0 Å². The lowest BCUT2D eigenvalue weighted by atomic mass is 10.1. The molecule has 6 heteroatoms. The number of rotatable bonds is 5. The molecule has 0 heterocycles. The Kier molecular flexibility index (Phi) is 5.19. The Hall–Kier alpha value is -2.76. The van der Waals surface area contributed by atoms with Gasteiger partial charge in [-0.25, -0.2) is 5.43 Å². The van der Waals surface area contributed by atoms with Gasteiger partial charge in [0.2, 0.25) is 0 Å². The first-order valence-corrected chi connectivity index (χ1v) is 6.49. The molecule has 0 bridgehead atoms. The summed E-state index contributed by atoms with van der Waals surface area (Å²) in [5.41, 5.74) is 4.60. The quantitative estimate of drug-likeness (QED) is 0.680. The fourth-order valence-electron chi connectivity index (χ4n) is 1.67. The largest absolute Gasteiger partial charge is 0.435 e. The summed E-state index contributed by atoms with van der Waals surface area (Å²) < 4.78 is 28.2. The van der Waals surface area contributed by atoms with E-state index < -0.39 is 6.61 Å². The Morgan fingerprint density at radius 2 is 1.77 bits per heavy atom. The summed E-state index contributed by atoms with van der Waals surface area (Å²) >= 11 is 0. The van der Waals surface area contributed by atoms with Crippen molar-refractivity contribution in [1.29, 1.82) is 0 Å². The summed E-state index contributed by atoms with van der Waals surface area (Å²) in [5.74, 6) is -0.259. The molecule has 0 aliphatic heterocycles. The first-order chi connectivity index (χ1) is 10.5. The normalized spacial score (nSPS) is 10.9. The van der Waals surface area contributed by atoms with E-state index in [9.17, 15) is 13.6 Å². The predicted molar refractivity (Wildman–Crippen MR) is 79.3 cm³/mol. The molecule has 0 atom stereocenters. The second-order valence-electron chi connectivity index (χ2n) is 4.51. The lowest BCUT2D eigenvalue weighted by molar-refractivity contribution is -0.0498. The SMILES string of the molecule is Cc1ccc(C(=O)N/N=C\c2ccc(OC(F)F)cc2)cc1. The van der Waals surface area contributed by atoms with Crippen LogP contribution in [0.4, 0.5) is 8.78 Å². The van der Waals surface area contributed by atoms with E-state index in [2.05, 4.69) is 15.3 Å². The Morgan fingerprint density at radius 1 is 1.14 bits per heavy atom. The first kappa shape index (κ1) is 15.6. The second kappa shape index (κ2) is 7.31. The van der Waals surface area contributed by atoms with Gasteiger partial charge in [0.05, 0.1) is 6.21 Å². The molecule has 0 unspecified atom stereocenters. The van der Waals surface area contributed by atoms with Crippen molar-refractivity contribution in [2.24, 2.45) is 5.10 Å². The number of aryl methyl sites for hydroxylation is 1. The molecule has 4 nitrogen and oxygen atoms in total. The van der Waals surface area contributed by atoms with Gasteiger partial charge in [0.25, 0.3) is 5.91 Å². The third kappa shape index (κ3) is 4.66. The summed E-state index contributed by atoms with van der Waals surface area (Å²) in [6.07, 6.45) is 1.41. The molecule has 2 aromatic carbocycles. The third-order valence-electron chi connectivity index (χ3n) is 2.80. The molecule has 0 aromatic heterocycles. The van der Waals surface area contributed by atoms with Gasteiger partial charge in [-0.2, -0.15) is 13.9 Å². The van der Waals surface area contributed by atoms with E-state index in [0.29, 0.717) is 11.1 Å². The van der Waals surface area contributed by atoms with Gasteiger partial charge < -0.3 is 4.74 Å². The highest BCUT2D eigenvalue weighted by Crippen LogP contribution is 2.13. The van der Waals surface area contributed by atoms with E-state index >= 15 is 0 Å². The zero-order valence-corrected chi connectivity index (χ0v) is 11.8. The van der Waals surface area contributed by atoms with Crippen LogP contribution in [-0.2, 0) is 0 Å². The van der Waals surface area contributed by atoms with Gasteiger partial charge in [0.1, 0.15) is 5.75 Å². The maximum absolute atomic E-state index is 12.0. The number of hydrogen-bond acceptors (Lipinski definition) is 3. The second-order valence-corrected chi connectivity index (χ2v) is 4.51. The van der Waals surface area contributed by atoms with E-state index in [1.165, 1.54) is 18.3 Å². The summed E-state index contributed by atoms with van der Waals surface area (Å²) in [5, 5.41) is 3.82. The molecular formula is C16H14F2N2O2. The molecule has 0 spiro atoms. The summed E-state index contributed by atoms with van der Waals surface area (Å²) in [4.78, 5) is 11.8. The van der Waals surface area contributed by atoms with Gasteiger partial charge in [0.15, 0.2) is 0 Å². The number of carbonyl (C=O) groups is 1. The highest BCUT2D eigenvalue weighted by Gasteiger charge is 2.04. The maximum atomic E-state index is 12.0. The van der Waals surface area contributed by atoms with Gasteiger partial charge in [-0.15, -0.1) is 0 Å². The molecule has 22 heavy (non-hydrogen) atoms. The van der Waals surface area contributed by atoms with Crippen molar-refractivity contribution in [3.8, 4) is 5.75 Å². The molecule has 2 aromatic rings. The van der Waals surface area contributed by atoms with Crippen LogP contribution < -0.4 is 10.2 Å². The van der Waals surface area contributed by atoms with Crippen LogP contribution in [0.25, 0.3) is 0 Å². The number of nitrogens with zero attached hydrogens (tertiary/aromatic N) is 1. The Morgan fingerprint density at radius 3 is 2.36 bits per heavy atom. The Bertz CT molecular complexity index is 653. The number of amides is 1. The average Bonchev–Trinajstić information content (AvgIpc) is 2.49. The number of hydrazone groups is 1. The maximum Gasteiger partial charge on any atom is 0.387 e. The highest BCUT2D eigenvalue weighted by atomic mass is 19.3. The van der Waals surface area contributed by atoms with Gasteiger partial charge in [-0.3, -0.25) is 4.79 Å². The van der Waals surface area contributed by atoms with Crippen LogP contribution in [0.5, 0.6) is 5.75 Å². The molecule has 2 rings (SSSR count). The zero-order chi connectivity index (χ0) is 15.9. The predicted octanol–water partition coefficient (Wildman–Crippen LogP) is 3.36. The van der Waals surface area contributed by atoms with Crippen molar-refractivity contribution in [3.05, 3.63) is 65.2 Å². The minimum absolute atomic E-state index is 0.0656. The van der Waals surface area contributed by atoms with Gasteiger partial charge >= 0.3 is 6.61 Å². The summed E-state index contributed by atoms with van der Waals surface area (Å²) in [6.45, 7) is -0.922. The molecule has 0 aliphatic carbocycles. The Labute approximate surface area is 126 Å². The number of alkyl halides is 2. The number of carbonyl (C=O) groups excluding carboxylic acids is 1. The van der Waals surface area contributed by atoms with Crippen LogP contribution in [0, 0.1) is 6.92 Å². The number of benzene rings is 2. The molecule has 0 aliphatic rings. The molecule has 114 valence electrons. The topological polar surface area (TPSA) is 50.7 Å². The smallest absolute Gasteiger partial charge is 0.387 e. The van der Waals surface area contributed by atoms with Crippen LogP contribution in [0.2, 0.25) is 0 Å². The van der Waals surface area contributed by atoms with E-state index in [1.807, 2.05) is 19.1 Å². The fourth-order valence-corrected chi connectivity index (χ4v) is 1.67. The molecule has 0 saturated heterocycles. The van der Waals surface area contributed by atoms with Crippen molar-refractivity contribution < 1.29 is 18.3 Å².